The first-order valence-corrected chi connectivity index (χ1v) is 6.60. The molecule has 0 radical (unpaired) electrons. The minimum atomic E-state index is -0.512. The van der Waals surface area contributed by atoms with Crippen LogP contribution < -0.4 is 0 Å². The summed E-state index contributed by atoms with van der Waals surface area (Å²) < 4.78 is 5.37. The molecule has 0 unspecified atom stereocenters. The van der Waals surface area contributed by atoms with E-state index in [1.165, 1.54) is 0 Å². The first-order chi connectivity index (χ1) is 9.23. The molecule has 1 aromatic heterocycles. The maximum absolute atomic E-state index is 12.1. The lowest BCUT2D eigenvalue weighted by molar-refractivity contribution is 0.0240. The monoisotopic (exact) mass is 273 g/mol. The highest BCUT2D eigenvalue weighted by atomic mass is 16.6. The van der Waals surface area contributed by atoms with E-state index in [0.717, 1.165) is 22.5 Å². The molecule has 2 heterocycles. The Hall–Kier alpha value is -2.09. The summed E-state index contributed by atoms with van der Waals surface area (Å²) in [4.78, 5) is 18.2. The van der Waals surface area contributed by atoms with E-state index >= 15 is 0 Å². The zero-order chi connectivity index (χ0) is 15.1. The molecule has 0 fully saturated rings. The Kier molecular flexibility index (Phi) is 3.43. The van der Waals surface area contributed by atoms with Gasteiger partial charge >= 0.3 is 6.09 Å². The zero-order valence-electron chi connectivity index (χ0n) is 12.6. The third kappa shape index (κ3) is 2.60. The standard InChI is InChI=1S/C15H19N3O2/c1-9-11(6-16)10(2)17-13-8-18(7-12(9)13)14(19)20-15(3,4)5/h7-8H2,1-5H3. The number of carbonyl (C=O) groups is 1. The van der Waals surface area contributed by atoms with E-state index in [1.54, 1.807) is 4.90 Å². The number of fused-ring (bicyclic) bond motifs is 1. The van der Waals surface area contributed by atoms with Gasteiger partial charge in [-0.1, -0.05) is 0 Å². The number of pyridine rings is 1. The van der Waals surface area contributed by atoms with E-state index in [2.05, 4.69) is 11.1 Å². The van der Waals surface area contributed by atoms with E-state index in [4.69, 9.17) is 10.00 Å². The Morgan fingerprint density at radius 2 is 2.00 bits per heavy atom. The lowest BCUT2D eigenvalue weighted by Crippen LogP contribution is -2.33. The number of aryl methyl sites for hydroxylation is 1. The fraction of sp³-hybridized carbons (Fsp3) is 0.533. The maximum atomic E-state index is 12.1. The highest BCUT2D eigenvalue weighted by Crippen LogP contribution is 2.28. The van der Waals surface area contributed by atoms with Gasteiger partial charge in [0.1, 0.15) is 11.7 Å². The second-order valence-corrected chi connectivity index (χ2v) is 6.07. The Bertz CT molecular complexity index is 609. The minimum absolute atomic E-state index is 0.342. The van der Waals surface area contributed by atoms with E-state index < -0.39 is 5.60 Å². The summed E-state index contributed by atoms with van der Waals surface area (Å²) in [6.45, 7) is 10.2. The minimum Gasteiger partial charge on any atom is -0.444 e. The van der Waals surface area contributed by atoms with Crippen LogP contribution in [0.25, 0.3) is 0 Å². The molecule has 2 rings (SSSR count). The van der Waals surface area contributed by atoms with Crippen molar-refractivity contribution in [1.82, 2.24) is 9.88 Å². The predicted molar refractivity (Wildman–Crippen MR) is 73.9 cm³/mol. The van der Waals surface area contributed by atoms with Crippen LogP contribution in [0.4, 0.5) is 4.79 Å². The molecule has 1 aliphatic rings. The van der Waals surface area contributed by atoms with Crippen molar-refractivity contribution in [3.8, 4) is 6.07 Å². The van der Waals surface area contributed by atoms with Crippen molar-refractivity contribution >= 4 is 6.09 Å². The van der Waals surface area contributed by atoms with E-state index in [0.29, 0.717) is 18.7 Å². The van der Waals surface area contributed by atoms with Crippen LogP contribution in [0, 0.1) is 25.2 Å². The van der Waals surface area contributed by atoms with Crippen LogP contribution in [-0.2, 0) is 17.8 Å². The Labute approximate surface area is 119 Å². The molecular weight excluding hydrogens is 254 g/mol. The number of ether oxygens (including phenoxy) is 1. The molecule has 1 aromatic rings. The van der Waals surface area contributed by atoms with E-state index in [-0.39, 0.29) is 6.09 Å². The predicted octanol–water partition coefficient (Wildman–Crippen LogP) is 2.82. The van der Waals surface area contributed by atoms with Crippen molar-refractivity contribution < 1.29 is 9.53 Å². The molecule has 0 bridgehead atoms. The maximum Gasteiger partial charge on any atom is 0.410 e. The van der Waals surface area contributed by atoms with Gasteiger partial charge < -0.3 is 4.74 Å². The van der Waals surface area contributed by atoms with Crippen molar-refractivity contribution in [3.05, 3.63) is 28.1 Å². The molecule has 5 nitrogen and oxygen atoms in total. The summed E-state index contributed by atoms with van der Waals surface area (Å²) in [5.41, 5.74) is 3.57. The molecule has 0 spiro atoms. The van der Waals surface area contributed by atoms with Gasteiger partial charge in [-0.3, -0.25) is 9.88 Å². The Balaban J connectivity index is 2.27. The van der Waals surface area contributed by atoms with Crippen LogP contribution in [0.3, 0.4) is 0 Å². The first-order valence-electron chi connectivity index (χ1n) is 6.60. The molecular formula is C15H19N3O2. The molecule has 5 heteroatoms. The van der Waals surface area contributed by atoms with Gasteiger partial charge in [-0.25, -0.2) is 4.79 Å². The van der Waals surface area contributed by atoms with Gasteiger partial charge in [0.15, 0.2) is 0 Å². The topological polar surface area (TPSA) is 66.2 Å². The van der Waals surface area contributed by atoms with Crippen LogP contribution in [-0.4, -0.2) is 21.6 Å². The number of hydrogen-bond donors (Lipinski definition) is 0. The first kappa shape index (κ1) is 14.3. The van der Waals surface area contributed by atoms with E-state index in [9.17, 15) is 4.79 Å². The number of nitriles is 1. The SMILES string of the molecule is Cc1nc2c(c(C)c1C#N)CN(C(=O)OC(C)(C)C)C2. The molecule has 0 N–H and O–H groups in total. The summed E-state index contributed by atoms with van der Waals surface area (Å²) in [5, 5.41) is 9.16. The van der Waals surface area contributed by atoms with Gasteiger partial charge in [-0.2, -0.15) is 5.26 Å². The third-order valence-corrected chi connectivity index (χ3v) is 3.29. The molecule has 0 aromatic carbocycles. The fourth-order valence-corrected chi connectivity index (χ4v) is 2.35. The zero-order valence-corrected chi connectivity index (χ0v) is 12.6. The summed E-state index contributed by atoms with van der Waals surface area (Å²) in [7, 11) is 0. The van der Waals surface area contributed by atoms with Gasteiger partial charge in [0, 0.05) is 0 Å². The lowest BCUT2D eigenvalue weighted by atomic mass is 10.0. The Morgan fingerprint density at radius 1 is 1.35 bits per heavy atom. The summed E-state index contributed by atoms with van der Waals surface area (Å²) in [6, 6.07) is 2.18. The van der Waals surface area contributed by atoms with Gasteiger partial charge in [0.2, 0.25) is 0 Å². The number of nitrogens with zero attached hydrogens (tertiary/aromatic N) is 3. The average Bonchev–Trinajstić information content (AvgIpc) is 2.71. The van der Waals surface area contributed by atoms with Crippen LogP contribution >= 0.6 is 0 Å². The number of carbonyl (C=O) groups excluding carboxylic acids is 1. The average molecular weight is 273 g/mol. The largest absolute Gasteiger partial charge is 0.444 e. The summed E-state index contributed by atoms with van der Waals surface area (Å²) in [6.07, 6.45) is -0.342. The normalized spacial score (nSPS) is 13.9. The summed E-state index contributed by atoms with van der Waals surface area (Å²) in [5.74, 6) is 0. The van der Waals surface area contributed by atoms with Crippen molar-refractivity contribution in [2.24, 2.45) is 0 Å². The van der Waals surface area contributed by atoms with Crippen molar-refractivity contribution in [1.29, 1.82) is 5.26 Å². The van der Waals surface area contributed by atoms with Crippen LogP contribution in [0.2, 0.25) is 0 Å². The number of aromatic nitrogens is 1. The van der Waals surface area contributed by atoms with Gasteiger partial charge in [-0.05, 0) is 45.7 Å². The van der Waals surface area contributed by atoms with Crippen LogP contribution in [0.5, 0.6) is 0 Å². The van der Waals surface area contributed by atoms with Crippen LogP contribution in [0.15, 0.2) is 0 Å². The Morgan fingerprint density at radius 3 is 2.55 bits per heavy atom. The van der Waals surface area contributed by atoms with Crippen LogP contribution in [0.1, 0.15) is 48.8 Å². The fourth-order valence-electron chi connectivity index (χ4n) is 2.35. The molecule has 0 aliphatic carbocycles. The molecule has 0 saturated carbocycles. The third-order valence-electron chi connectivity index (χ3n) is 3.29. The second-order valence-electron chi connectivity index (χ2n) is 6.07. The smallest absolute Gasteiger partial charge is 0.410 e. The van der Waals surface area contributed by atoms with Gasteiger partial charge in [0.25, 0.3) is 0 Å². The molecule has 1 amide bonds. The van der Waals surface area contributed by atoms with Crippen molar-refractivity contribution in [2.75, 3.05) is 0 Å². The highest BCUT2D eigenvalue weighted by molar-refractivity contribution is 5.69. The number of hydrogen-bond acceptors (Lipinski definition) is 4. The number of amides is 1. The lowest BCUT2D eigenvalue weighted by Gasteiger charge is -2.24. The molecule has 0 saturated heterocycles. The van der Waals surface area contributed by atoms with Gasteiger partial charge in [0.05, 0.1) is 30.0 Å². The quantitative estimate of drug-likeness (QED) is 0.729. The van der Waals surface area contributed by atoms with Crippen molar-refractivity contribution in [3.63, 3.8) is 0 Å². The molecule has 106 valence electrons. The summed E-state index contributed by atoms with van der Waals surface area (Å²) >= 11 is 0. The van der Waals surface area contributed by atoms with Crippen molar-refractivity contribution in [2.45, 2.75) is 53.3 Å². The highest BCUT2D eigenvalue weighted by Gasteiger charge is 2.30. The van der Waals surface area contributed by atoms with E-state index in [1.807, 2.05) is 34.6 Å². The van der Waals surface area contributed by atoms with Gasteiger partial charge in [-0.15, -0.1) is 0 Å². The second kappa shape index (κ2) is 4.78. The number of rotatable bonds is 0. The molecule has 1 aliphatic heterocycles. The molecule has 0 atom stereocenters. The molecule has 20 heavy (non-hydrogen) atoms.